The van der Waals surface area contributed by atoms with Crippen molar-refractivity contribution in [2.45, 2.75) is 46.0 Å². The first-order valence-electron chi connectivity index (χ1n) is 7.76. The zero-order chi connectivity index (χ0) is 14.4. The quantitative estimate of drug-likeness (QED) is 0.911. The highest BCUT2D eigenvalue weighted by molar-refractivity contribution is 5.76. The summed E-state index contributed by atoms with van der Waals surface area (Å²) in [6, 6.07) is 6.38. The van der Waals surface area contributed by atoms with Gasteiger partial charge in [-0.05, 0) is 43.9 Å². The lowest BCUT2D eigenvalue weighted by Gasteiger charge is -2.20. The predicted octanol–water partition coefficient (Wildman–Crippen LogP) is 3.51. The van der Waals surface area contributed by atoms with Crippen molar-refractivity contribution in [1.29, 1.82) is 0 Å². The van der Waals surface area contributed by atoms with Gasteiger partial charge in [0.1, 0.15) is 0 Å². The second-order valence-corrected chi connectivity index (χ2v) is 5.79. The van der Waals surface area contributed by atoms with Crippen LogP contribution in [0.5, 0.6) is 0 Å². The highest BCUT2D eigenvalue weighted by atomic mass is 16.2. The third-order valence-electron chi connectivity index (χ3n) is 4.01. The van der Waals surface area contributed by atoms with Crippen molar-refractivity contribution >= 4 is 11.6 Å². The van der Waals surface area contributed by atoms with Crippen LogP contribution in [0.1, 0.15) is 43.2 Å². The van der Waals surface area contributed by atoms with Crippen LogP contribution in [0.2, 0.25) is 0 Å². The highest BCUT2D eigenvalue weighted by Crippen LogP contribution is 2.16. The molecule has 110 valence electrons. The molecule has 0 aliphatic carbocycles. The van der Waals surface area contributed by atoms with Crippen molar-refractivity contribution in [3.8, 4) is 0 Å². The van der Waals surface area contributed by atoms with Gasteiger partial charge in [-0.15, -0.1) is 0 Å². The Hall–Kier alpha value is -1.51. The molecule has 1 aromatic rings. The van der Waals surface area contributed by atoms with Gasteiger partial charge in [0.15, 0.2) is 0 Å². The van der Waals surface area contributed by atoms with Crippen LogP contribution in [0, 0.1) is 13.8 Å². The average molecular weight is 274 g/mol. The zero-order valence-corrected chi connectivity index (χ0v) is 12.7. The van der Waals surface area contributed by atoms with Crippen molar-refractivity contribution in [2.24, 2.45) is 0 Å². The van der Waals surface area contributed by atoms with Gasteiger partial charge in [0, 0.05) is 31.7 Å². The standard InChI is InChI=1S/C17H26N2O/c1-14-7-8-15(2)16(13-14)18-10-9-17(20)19-11-5-3-4-6-12-19/h7-8,13,18H,3-6,9-12H2,1-2H3. The molecule has 20 heavy (non-hydrogen) atoms. The molecule has 1 aliphatic rings. The monoisotopic (exact) mass is 274 g/mol. The molecule has 1 fully saturated rings. The van der Waals surface area contributed by atoms with Crippen LogP contribution < -0.4 is 5.32 Å². The summed E-state index contributed by atoms with van der Waals surface area (Å²) >= 11 is 0. The molecular formula is C17H26N2O. The Morgan fingerprint density at radius 2 is 1.85 bits per heavy atom. The van der Waals surface area contributed by atoms with E-state index in [0.717, 1.165) is 38.2 Å². The Bertz CT molecular complexity index is 448. The Kier molecular flexibility index (Phi) is 5.45. The number of amides is 1. The summed E-state index contributed by atoms with van der Waals surface area (Å²) in [5.41, 5.74) is 3.63. The molecule has 0 bridgehead atoms. The molecule has 1 N–H and O–H groups in total. The van der Waals surface area contributed by atoms with Crippen molar-refractivity contribution < 1.29 is 4.79 Å². The number of aryl methyl sites for hydroxylation is 2. The maximum absolute atomic E-state index is 12.2. The van der Waals surface area contributed by atoms with Gasteiger partial charge in [-0.25, -0.2) is 0 Å². The molecule has 3 heteroatoms. The summed E-state index contributed by atoms with van der Waals surface area (Å²) in [6.07, 6.45) is 5.45. The molecule has 1 heterocycles. The van der Waals surface area contributed by atoms with Crippen LogP contribution in [0.15, 0.2) is 18.2 Å². The minimum atomic E-state index is 0.296. The molecule has 0 radical (unpaired) electrons. The van der Waals surface area contributed by atoms with Crippen LogP contribution in [-0.2, 0) is 4.79 Å². The van der Waals surface area contributed by atoms with Gasteiger partial charge in [-0.2, -0.15) is 0 Å². The van der Waals surface area contributed by atoms with E-state index in [1.54, 1.807) is 0 Å². The van der Waals surface area contributed by atoms with E-state index in [-0.39, 0.29) is 0 Å². The fourth-order valence-electron chi connectivity index (χ4n) is 2.71. The van der Waals surface area contributed by atoms with Gasteiger partial charge in [0.05, 0.1) is 0 Å². The van der Waals surface area contributed by atoms with Gasteiger partial charge in [-0.3, -0.25) is 4.79 Å². The minimum absolute atomic E-state index is 0.296. The summed E-state index contributed by atoms with van der Waals surface area (Å²) in [4.78, 5) is 14.2. The summed E-state index contributed by atoms with van der Waals surface area (Å²) < 4.78 is 0. The average Bonchev–Trinajstić information content (AvgIpc) is 2.71. The number of nitrogens with one attached hydrogen (secondary N) is 1. The van der Waals surface area contributed by atoms with Gasteiger partial charge < -0.3 is 10.2 Å². The molecule has 1 aliphatic heterocycles. The van der Waals surface area contributed by atoms with Crippen LogP contribution in [0.25, 0.3) is 0 Å². The first-order valence-corrected chi connectivity index (χ1v) is 7.76. The van der Waals surface area contributed by atoms with E-state index in [9.17, 15) is 4.79 Å². The van der Waals surface area contributed by atoms with Crippen molar-refractivity contribution in [2.75, 3.05) is 25.0 Å². The molecule has 1 saturated heterocycles. The number of likely N-dealkylation sites (tertiary alicyclic amines) is 1. The molecule has 1 aromatic carbocycles. The Balaban J connectivity index is 1.80. The largest absolute Gasteiger partial charge is 0.384 e. The van der Waals surface area contributed by atoms with Gasteiger partial charge in [-0.1, -0.05) is 25.0 Å². The van der Waals surface area contributed by atoms with Crippen molar-refractivity contribution in [3.63, 3.8) is 0 Å². The first-order chi connectivity index (χ1) is 9.66. The molecule has 3 nitrogen and oxygen atoms in total. The molecule has 0 saturated carbocycles. The fraction of sp³-hybridized carbons (Fsp3) is 0.588. The number of carbonyl (C=O) groups excluding carboxylic acids is 1. The second kappa shape index (κ2) is 7.32. The number of anilines is 1. The Morgan fingerprint density at radius 3 is 2.55 bits per heavy atom. The maximum Gasteiger partial charge on any atom is 0.224 e. The third kappa shape index (κ3) is 4.26. The predicted molar refractivity (Wildman–Crippen MR) is 84.1 cm³/mol. The third-order valence-corrected chi connectivity index (χ3v) is 4.01. The fourth-order valence-corrected chi connectivity index (χ4v) is 2.71. The van der Waals surface area contributed by atoms with E-state index in [1.807, 2.05) is 4.90 Å². The number of benzene rings is 1. The molecular weight excluding hydrogens is 248 g/mol. The van der Waals surface area contributed by atoms with E-state index >= 15 is 0 Å². The van der Waals surface area contributed by atoms with Crippen LogP contribution in [-0.4, -0.2) is 30.4 Å². The summed E-state index contributed by atoms with van der Waals surface area (Å²) in [5.74, 6) is 0.296. The number of hydrogen-bond acceptors (Lipinski definition) is 2. The maximum atomic E-state index is 12.2. The molecule has 0 spiro atoms. The van der Waals surface area contributed by atoms with Crippen molar-refractivity contribution in [3.05, 3.63) is 29.3 Å². The van der Waals surface area contributed by atoms with E-state index in [2.05, 4.69) is 37.4 Å². The van der Waals surface area contributed by atoms with E-state index < -0.39 is 0 Å². The molecule has 0 unspecified atom stereocenters. The second-order valence-electron chi connectivity index (χ2n) is 5.79. The number of nitrogens with zero attached hydrogens (tertiary/aromatic N) is 1. The number of carbonyl (C=O) groups is 1. The molecule has 0 aromatic heterocycles. The first kappa shape index (κ1) is 14.9. The van der Waals surface area contributed by atoms with Gasteiger partial charge >= 0.3 is 0 Å². The Morgan fingerprint density at radius 1 is 1.15 bits per heavy atom. The van der Waals surface area contributed by atoms with E-state index in [0.29, 0.717) is 12.3 Å². The van der Waals surface area contributed by atoms with Crippen molar-refractivity contribution in [1.82, 2.24) is 4.90 Å². The topological polar surface area (TPSA) is 32.3 Å². The summed E-state index contributed by atoms with van der Waals surface area (Å²) in [5, 5.41) is 3.39. The van der Waals surface area contributed by atoms with Crippen LogP contribution >= 0.6 is 0 Å². The molecule has 0 atom stereocenters. The Labute approximate surface area is 122 Å². The zero-order valence-electron chi connectivity index (χ0n) is 12.7. The van der Waals surface area contributed by atoms with Crippen LogP contribution in [0.3, 0.4) is 0 Å². The molecule has 2 rings (SSSR count). The van der Waals surface area contributed by atoms with Crippen LogP contribution in [0.4, 0.5) is 5.69 Å². The highest BCUT2D eigenvalue weighted by Gasteiger charge is 2.14. The number of hydrogen-bond donors (Lipinski definition) is 1. The summed E-state index contributed by atoms with van der Waals surface area (Å²) in [6.45, 7) is 6.80. The van der Waals surface area contributed by atoms with Gasteiger partial charge in [0.2, 0.25) is 5.91 Å². The van der Waals surface area contributed by atoms with E-state index in [4.69, 9.17) is 0 Å². The summed E-state index contributed by atoms with van der Waals surface area (Å²) in [7, 11) is 0. The normalized spacial score (nSPS) is 15.8. The SMILES string of the molecule is Cc1ccc(C)c(NCCC(=O)N2CCCCCC2)c1. The molecule has 1 amide bonds. The number of rotatable bonds is 4. The smallest absolute Gasteiger partial charge is 0.224 e. The lowest BCUT2D eigenvalue weighted by molar-refractivity contribution is -0.130. The minimum Gasteiger partial charge on any atom is -0.384 e. The lowest BCUT2D eigenvalue weighted by atomic mass is 10.1. The van der Waals surface area contributed by atoms with E-state index in [1.165, 1.54) is 24.0 Å². The lowest BCUT2D eigenvalue weighted by Crippen LogP contribution is -2.32. The van der Waals surface area contributed by atoms with Gasteiger partial charge in [0.25, 0.3) is 0 Å².